The third kappa shape index (κ3) is 2.93. The van der Waals surface area contributed by atoms with Gasteiger partial charge < -0.3 is 19.6 Å². The molecule has 2 rings (SSSR count). The standard InChI is InChI=1S/C14H18N2O3/c1-17-11-8-13(18-2)12(14(9-11)19-3)10-15-16-6-4-5-7-16/h4-9,15H,10H2,1-3H3. The van der Waals surface area contributed by atoms with Gasteiger partial charge in [-0.05, 0) is 12.1 Å². The van der Waals surface area contributed by atoms with E-state index in [9.17, 15) is 0 Å². The number of rotatable bonds is 6. The fourth-order valence-corrected chi connectivity index (χ4v) is 1.86. The topological polar surface area (TPSA) is 44.7 Å². The van der Waals surface area contributed by atoms with Crippen LogP contribution in [0.5, 0.6) is 17.2 Å². The molecule has 0 radical (unpaired) electrons. The van der Waals surface area contributed by atoms with Gasteiger partial charge in [-0.15, -0.1) is 0 Å². The predicted molar refractivity (Wildman–Crippen MR) is 73.6 cm³/mol. The minimum Gasteiger partial charge on any atom is -0.496 e. The predicted octanol–water partition coefficient (Wildman–Crippen LogP) is 2.26. The second-order valence-electron chi connectivity index (χ2n) is 3.94. The van der Waals surface area contributed by atoms with Gasteiger partial charge >= 0.3 is 0 Å². The Morgan fingerprint density at radius 2 is 1.53 bits per heavy atom. The lowest BCUT2D eigenvalue weighted by Crippen LogP contribution is -2.13. The largest absolute Gasteiger partial charge is 0.496 e. The summed E-state index contributed by atoms with van der Waals surface area (Å²) in [6.45, 7) is 0.588. The van der Waals surface area contributed by atoms with Crippen molar-refractivity contribution in [3.05, 3.63) is 42.2 Å². The molecule has 0 saturated carbocycles. The molecular formula is C14H18N2O3. The Labute approximate surface area is 112 Å². The molecule has 0 spiro atoms. The summed E-state index contributed by atoms with van der Waals surface area (Å²) in [7, 11) is 4.88. The van der Waals surface area contributed by atoms with E-state index in [4.69, 9.17) is 14.2 Å². The van der Waals surface area contributed by atoms with E-state index in [1.807, 2.05) is 41.3 Å². The van der Waals surface area contributed by atoms with E-state index >= 15 is 0 Å². The zero-order valence-corrected chi connectivity index (χ0v) is 11.3. The fraction of sp³-hybridized carbons (Fsp3) is 0.286. The number of hydrogen-bond donors (Lipinski definition) is 1. The molecule has 1 aromatic carbocycles. The highest BCUT2D eigenvalue weighted by Crippen LogP contribution is 2.33. The molecule has 0 aliphatic rings. The summed E-state index contributed by atoms with van der Waals surface area (Å²) in [6.07, 6.45) is 3.87. The molecule has 0 unspecified atom stereocenters. The summed E-state index contributed by atoms with van der Waals surface area (Å²) in [5.74, 6) is 2.17. The number of ether oxygens (including phenoxy) is 3. The van der Waals surface area contributed by atoms with E-state index in [1.165, 1.54) is 0 Å². The quantitative estimate of drug-likeness (QED) is 0.867. The van der Waals surface area contributed by atoms with Crippen LogP contribution in [0.2, 0.25) is 0 Å². The van der Waals surface area contributed by atoms with Crippen molar-refractivity contribution in [2.45, 2.75) is 6.54 Å². The maximum absolute atomic E-state index is 5.39. The molecule has 1 N–H and O–H groups in total. The van der Waals surface area contributed by atoms with Crippen molar-refractivity contribution < 1.29 is 14.2 Å². The van der Waals surface area contributed by atoms with E-state index in [0.717, 1.165) is 17.1 Å². The fourth-order valence-electron chi connectivity index (χ4n) is 1.86. The van der Waals surface area contributed by atoms with Crippen molar-refractivity contribution in [2.24, 2.45) is 0 Å². The first kappa shape index (κ1) is 13.1. The molecule has 0 aliphatic carbocycles. The van der Waals surface area contributed by atoms with Gasteiger partial charge in [-0.1, -0.05) is 0 Å². The summed E-state index contributed by atoms with van der Waals surface area (Å²) >= 11 is 0. The number of nitrogens with zero attached hydrogens (tertiary/aromatic N) is 1. The van der Waals surface area contributed by atoms with E-state index < -0.39 is 0 Å². The van der Waals surface area contributed by atoms with Crippen LogP contribution in [0.4, 0.5) is 0 Å². The molecule has 0 saturated heterocycles. The molecule has 0 atom stereocenters. The number of methoxy groups -OCH3 is 3. The smallest absolute Gasteiger partial charge is 0.131 e. The third-order valence-electron chi connectivity index (χ3n) is 2.86. The van der Waals surface area contributed by atoms with Crippen molar-refractivity contribution in [1.29, 1.82) is 0 Å². The molecule has 19 heavy (non-hydrogen) atoms. The van der Waals surface area contributed by atoms with Gasteiger partial charge in [-0.25, -0.2) is 0 Å². The van der Waals surface area contributed by atoms with Crippen LogP contribution in [0.3, 0.4) is 0 Å². The molecule has 1 heterocycles. The molecule has 0 fully saturated rings. The summed E-state index contributed by atoms with van der Waals surface area (Å²) in [4.78, 5) is 0. The SMILES string of the molecule is COc1cc(OC)c(CNn2cccc2)c(OC)c1. The molecule has 102 valence electrons. The van der Waals surface area contributed by atoms with Gasteiger partial charge in [-0.3, -0.25) is 4.68 Å². The Hall–Kier alpha value is -2.30. The summed E-state index contributed by atoms with van der Waals surface area (Å²) in [6, 6.07) is 7.59. The number of nitrogens with one attached hydrogen (secondary N) is 1. The van der Waals surface area contributed by atoms with Crippen molar-refractivity contribution in [1.82, 2.24) is 4.68 Å². The third-order valence-corrected chi connectivity index (χ3v) is 2.86. The van der Waals surface area contributed by atoms with Gasteiger partial charge in [0.05, 0.1) is 33.4 Å². The first-order chi connectivity index (χ1) is 9.28. The monoisotopic (exact) mass is 262 g/mol. The van der Waals surface area contributed by atoms with Gasteiger partial charge in [0, 0.05) is 24.5 Å². The Kier molecular flexibility index (Phi) is 4.18. The van der Waals surface area contributed by atoms with Crippen LogP contribution < -0.4 is 19.6 Å². The van der Waals surface area contributed by atoms with Crippen LogP contribution >= 0.6 is 0 Å². The lowest BCUT2D eigenvalue weighted by atomic mass is 10.1. The van der Waals surface area contributed by atoms with Crippen molar-refractivity contribution in [2.75, 3.05) is 26.8 Å². The average molecular weight is 262 g/mol. The number of aromatic nitrogens is 1. The summed E-state index contributed by atoms with van der Waals surface area (Å²) < 4.78 is 17.9. The molecule has 1 aromatic heterocycles. The lowest BCUT2D eigenvalue weighted by Gasteiger charge is -2.16. The van der Waals surface area contributed by atoms with Gasteiger partial charge in [-0.2, -0.15) is 0 Å². The van der Waals surface area contributed by atoms with Gasteiger partial charge in [0.15, 0.2) is 0 Å². The van der Waals surface area contributed by atoms with E-state index in [1.54, 1.807) is 21.3 Å². The minimum atomic E-state index is 0.588. The summed E-state index contributed by atoms with van der Waals surface area (Å²) in [5, 5.41) is 0. The summed E-state index contributed by atoms with van der Waals surface area (Å²) in [5.41, 5.74) is 4.19. The Morgan fingerprint density at radius 3 is 2.00 bits per heavy atom. The van der Waals surface area contributed by atoms with Crippen molar-refractivity contribution in [3.63, 3.8) is 0 Å². The average Bonchev–Trinajstić information content (AvgIpc) is 2.97. The van der Waals surface area contributed by atoms with Gasteiger partial charge in [0.25, 0.3) is 0 Å². The first-order valence-electron chi connectivity index (χ1n) is 5.94. The molecule has 0 aliphatic heterocycles. The van der Waals surface area contributed by atoms with Gasteiger partial charge in [0.1, 0.15) is 17.2 Å². The zero-order valence-electron chi connectivity index (χ0n) is 11.3. The van der Waals surface area contributed by atoms with Crippen LogP contribution in [-0.2, 0) is 6.54 Å². The highest BCUT2D eigenvalue weighted by molar-refractivity contribution is 5.51. The van der Waals surface area contributed by atoms with Crippen molar-refractivity contribution in [3.8, 4) is 17.2 Å². The number of hydrogen-bond acceptors (Lipinski definition) is 4. The normalized spacial score (nSPS) is 10.1. The van der Waals surface area contributed by atoms with E-state index in [2.05, 4.69) is 5.43 Å². The Bertz CT molecular complexity index is 498. The van der Waals surface area contributed by atoms with E-state index in [-0.39, 0.29) is 0 Å². The molecule has 0 amide bonds. The van der Waals surface area contributed by atoms with Gasteiger partial charge in [0.2, 0.25) is 0 Å². The highest BCUT2D eigenvalue weighted by Gasteiger charge is 2.12. The highest BCUT2D eigenvalue weighted by atomic mass is 16.5. The number of benzene rings is 1. The maximum atomic E-state index is 5.39. The Balaban J connectivity index is 2.26. The maximum Gasteiger partial charge on any atom is 0.131 e. The van der Waals surface area contributed by atoms with Crippen LogP contribution in [0.1, 0.15) is 5.56 Å². The second kappa shape index (κ2) is 6.04. The van der Waals surface area contributed by atoms with Crippen LogP contribution in [0, 0.1) is 0 Å². The first-order valence-corrected chi connectivity index (χ1v) is 5.94. The molecule has 0 bridgehead atoms. The molecular weight excluding hydrogens is 244 g/mol. The second-order valence-corrected chi connectivity index (χ2v) is 3.94. The van der Waals surface area contributed by atoms with Crippen LogP contribution in [0.25, 0.3) is 0 Å². The lowest BCUT2D eigenvalue weighted by molar-refractivity contribution is 0.369. The van der Waals surface area contributed by atoms with Crippen molar-refractivity contribution >= 4 is 0 Å². The molecule has 2 aromatic rings. The van der Waals surface area contributed by atoms with Crippen LogP contribution in [-0.4, -0.2) is 26.0 Å². The zero-order chi connectivity index (χ0) is 13.7. The molecule has 5 heteroatoms. The van der Waals surface area contributed by atoms with E-state index in [0.29, 0.717) is 12.3 Å². The Morgan fingerprint density at radius 1 is 0.947 bits per heavy atom. The minimum absolute atomic E-state index is 0.588. The van der Waals surface area contributed by atoms with Crippen LogP contribution in [0.15, 0.2) is 36.7 Å². The molecule has 5 nitrogen and oxygen atoms in total.